The van der Waals surface area contributed by atoms with Gasteiger partial charge in [-0.05, 0) is 25.3 Å². The molecule has 2 fully saturated rings. The number of rotatable bonds is 7. The normalized spacial score (nSPS) is 20.0. The Kier molecular flexibility index (Phi) is 6.04. The van der Waals surface area contributed by atoms with Gasteiger partial charge in [-0.1, -0.05) is 30.3 Å². The molecule has 6 nitrogen and oxygen atoms in total. The fourth-order valence-electron chi connectivity index (χ4n) is 3.08. The molecule has 2 aliphatic rings. The summed E-state index contributed by atoms with van der Waals surface area (Å²) < 4.78 is 0. The van der Waals surface area contributed by atoms with Crippen molar-refractivity contribution < 1.29 is 9.59 Å². The number of hydrogen-bond donors (Lipinski definition) is 2. The van der Waals surface area contributed by atoms with Crippen LogP contribution in [0.5, 0.6) is 0 Å². The lowest BCUT2D eigenvalue weighted by atomic mass is 10.2. The van der Waals surface area contributed by atoms with Crippen LogP contribution in [-0.4, -0.2) is 66.4 Å². The van der Waals surface area contributed by atoms with Crippen molar-refractivity contribution in [3.63, 3.8) is 0 Å². The average Bonchev–Trinajstić information content (AvgIpc) is 3.45. The Morgan fingerprint density at radius 3 is 2.44 bits per heavy atom. The highest BCUT2D eigenvalue weighted by atomic mass is 16.2. The lowest BCUT2D eigenvalue weighted by Crippen LogP contribution is -2.55. The molecule has 0 spiro atoms. The Bertz CT molecular complexity index is 580. The Hall–Kier alpha value is -1.92. The van der Waals surface area contributed by atoms with Crippen LogP contribution in [0.25, 0.3) is 0 Å². The van der Waals surface area contributed by atoms with Gasteiger partial charge in [-0.25, -0.2) is 0 Å². The third-order valence-electron chi connectivity index (χ3n) is 4.96. The first-order valence-electron chi connectivity index (χ1n) is 9.19. The van der Waals surface area contributed by atoms with Gasteiger partial charge < -0.3 is 10.6 Å². The molecule has 1 heterocycles. The van der Waals surface area contributed by atoms with Crippen LogP contribution in [-0.2, 0) is 16.1 Å². The average molecular weight is 344 g/mol. The summed E-state index contributed by atoms with van der Waals surface area (Å²) in [5.41, 5.74) is 1.11. The van der Waals surface area contributed by atoms with Gasteiger partial charge in [-0.15, -0.1) is 0 Å². The molecule has 3 rings (SSSR count). The summed E-state index contributed by atoms with van der Waals surface area (Å²) in [6, 6.07) is 10.2. The van der Waals surface area contributed by atoms with Gasteiger partial charge in [-0.2, -0.15) is 0 Å². The molecule has 2 N–H and O–H groups in total. The van der Waals surface area contributed by atoms with Gasteiger partial charge >= 0.3 is 0 Å². The highest BCUT2D eigenvalue weighted by Crippen LogP contribution is 2.19. The molecule has 1 saturated carbocycles. The van der Waals surface area contributed by atoms with Gasteiger partial charge in [0.2, 0.25) is 11.8 Å². The van der Waals surface area contributed by atoms with E-state index in [0.717, 1.165) is 44.6 Å². The molecule has 1 aliphatic heterocycles. The summed E-state index contributed by atoms with van der Waals surface area (Å²) in [5, 5.41) is 6.04. The second-order valence-electron chi connectivity index (χ2n) is 7.03. The molecule has 6 heteroatoms. The molecule has 25 heavy (non-hydrogen) atoms. The van der Waals surface area contributed by atoms with E-state index in [1.807, 2.05) is 37.3 Å². The van der Waals surface area contributed by atoms with E-state index < -0.39 is 0 Å². The maximum Gasteiger partial charge on any atom is 0.237 e. The number of amides is 2. The number of nitrogens with zero attached hydrogens (tertiary/aromatic N) is 2. The topological polar surface area (TPSA) is 64.7 Å². The first kappa shape index (κ1) is 17.9. The maximum absolute atomic E-state index is 12.1. The van der Waals surface area contributed by atoms with Gasteiger partial charge in [0.15, 0.2) is 0 Å². The molecule has 1 saturated heterocycles. The van der Waals surface area contributed by atoms with E-state index in [0.29, 0.717) is 19.1 Å². The fraction of sp³-hybridized carbons (Fsp3) is 0.579. The lowest BCUT2D eigenvalue weighted by molar-refractivity contribution is -0.128. The number of hydrogen-bond acceptors (Lipinski definition) is 4. The van der Waals surface area contributed by atoms with E-state index in [1.165, 1.54) is 0 Å². The summed E-state index contributed by atoms with van der Waals surface area (Å²) >= 11 is 0. The highest BCUT2D eigenvalue weighted by molar-refractivity contribution is 5.82. The van der Waals surface area contributed by atoms with E-state index in [2.05, 4.69) is 20.4 Å². The van der Waals surface area contributed by atoms with Gasteiger partial charge in [0.05, 0.1) is 12.6 Å². The van der Waals surface area contributed by atoms with E-state index in [9.17, 15) is 9.59 Å². The second-order valence-corrected chi connectivity index (χ2v) is 7.03. The van der Waals surface area contributed by atoms with Crippen molar-refractivity contribution in [2.24, 2.45) is 0 Å². The quantitative estimate of drug-likeness (QED) is 0.760. The van der Waals surface area contributed by atoms with Crippen molar-refractivity contribution in [1.29, 1.82) is 0 Å². The van der Waals surface area contributed by atoms with Crippen LogP contribution in [0.3, 0.4) is 0 Å². The first-order valence-corrected chi connectivity index (χ1v) is 9.19. The summed E-state index contributed by atoms with van der Waals surface area (Å²) in [5.74, 6) is 0.188. The SMILES string of the molecule is CC(C(=O)NC1CC1)N1CCN(CC(=O)NCc2ccccc2)CC1. The number of carbonyl (C=O) groups is 2. The molecular weight excluding hydrogens is 316 g/mol. The number of benzene rings is 1. The molecule has 1 aromatic carbocycles. The van der Waals surface area contributed by atoms with Crippen LogP contribution in [0, 0.1) is 0 Å². The molecule has 1 aliphatic carbocycles. The molecule has 0 radical (unpaired) electrons. The van der Waals surface area contributed by atoms with Crippen molar-refractivity contribution >= 4 is 11.8 Å². The van der Waals surface area contributed by atoms with E-state index >= 15 is 0 Å². The summed E-state index contributed by atoms with van der Waals surface area (Å²) in [6.07, 6.45) is 2.23. The third-order valence-corrected chi connectivity index (χ3v) is 4.96. The fourth-order valence-corrected chi connectivity index (χ4v) is 3.08. The molecule has 1 atom stereocenters. The standard InChI is InChI=1S/C19H28N4O2/c1-15(19(25)21-17-7-8-17)23-11-9-22(10-12-23)14-18(24)20-13-16-5-3-2-4-6-16/h2-6,15,17H,7-14H2,1H3,(H,20,24)(H,21,25). The van der Waals surface area contributed by atoms with Crippen molar-refractivity contribution in [1.82, 2.24) is 20.4 Å². The van der Waals surface area contributed by atoms with Crippen molar-refractivity contribution in [3.05, 3.63) is 35.9 Å². The highest BCUT2D eigenvalue weighted by Gasteiger charge is 2.30. The predicted octanol–water partition coefficient (Wildman–Crippen LogP) is 0.588. The number of piperazine rings is 1. The monoisotopic (exact) mass is 344 g/mol. The third kappa shape index (κ3) is 5.54. The van der Waals surface area contributed by atoms with Gasteiger partial charge in [0, 0.05) is 38.8 Å². The van der Waals surface area contributed by atoms with Crippen LogP contribution in [0.4, 0.5) is 0 Å². The van der Waals surface area contributed by atoms with Gasteiger partial charge in [-0.3, -0.25) is 19.4 Å². The van der Waals surface area contributed by atoms with E-state index in [4.69, 9.17) is 0 Å². The van der Waals surface area contributed by atoms with Gasteiger partial charge in [0.25, 0.3) is 0 Å². The van der Waals surface area contributed by atoms with Crippen LogP contribution in [0.1, 0.15) is 25.3 Å². The van der Waals surface area contributed by atoms with Crippen LogP contribution < -0.4 is 10.6 Å². The molecule has 136 valence electrons. The smallest absolute Gasteiger partial charge is 0.237 e. The Labute approximate surface area is 149 Å². The summed E-state index contributed by atoms with van der Waals surface area (Å²) in [6.45, 7) is 6.25. The minimum atomic E-state index is -0.0883. The molecule has 1 aromatic rings. The molecule has 2 amide bonds. The molecule has 0 bridgehead atoms. The molecule has 0 aromatic heterocycles. The van der Waals surface area contributed by atoms with Crippen LogP contribution >= 0.6 is 0 Å². The van der Waals surface area contributed by atoms with Crippen LogP contribution in [0.2, 0.25) is 0 Å². The van der Waals surface area contributed by atoms with Crippen molar-refractivity contribution in [2.75, 3.05) is 32.7 Å². The maximum atomic E-state index is 12.1. The first-order chi connectivity index (χ1) is 12.1. The number of nitrogens with one attached hydrogen (secondary N) is 2. The zero-order chi connectivity index (χ0) is 17.6. The Morgan fingerprint density at radius 2 is 1.80 bits per heavy atom. The molecular formula is C19H28N4O2. The van der Waals surface area contributed by atoms with Gasteiger partial charge in [0.1, 0.15) is 0 Å². The summed E-state index contributed by atoms with van der Waals surface area (Å²) in [4.78, 5) is 28.6. The molecule has 1 unspecified atom stereocenters. The zero-order valence-corrected chi connectivity index (χ0v) is 14.9. The van der Waals surface area contributed by atoms with E-state index in [-0.39, 0.29) is 17.9 Å². The summed E-state index contributed by atoms with van der Waals surface area (Å²) in [7, 11) is 0. The predicted molar refractivity (Wildman–Crippen MR) is 96.9 cm³/mol. The van der Waals surface area contributed by atoms with Crippen molar-refractivity contribution in [3.8, 4) is 0 Å². The largest absolute Gasteiger partial charge is 0.352 e. The van der Waals surface area contributed by atoms with E-state index in [1.54, 1.807) is 0 Å². The van der Waals surface area contributed by atoms with Crippen LogP contribution in [0.15, 0.2) is 30.3 Å². The van der Waals surface area contributed by atoms with Crippen molar-refractivity contribution in [2.45, 2.75) is 38.4 Å². The Morgan fingerprint density at radius 1 is 1.12 bits per heavy atom. The Balaban J connectivity index is 1.35. The zero-order valence-electron chi connectivity index (χ0n) is 14.9. The number of carbonyl (C=O) groups excluding carboxylic acids is 2. The lowest BCUT2D eigenvalue weighted by Gasteiger charge is -2.37. The second kappa shape index (κ2) is 8.45. The minimum absolute atomic E-state index is 0.0526. The minimum Gasteiger partial charge on any atom is -0.352 e.